The predicted octanol–water partition coefficient (Wildman–Crippen LogP) is 1.13. The zero-order valence-corrected chi connectivity index (χ0v) is 6.02. The Hall–Kier alpha value is -1.23. The molecule has 54 valence electrons. The normalized spacial score (nSPS) is 7.30. The van der Waals surface area contributed by atoms with Crippen LogP contribution in [0.15, 0.2) is 12.7 Å². The zero-order chi connectivity index (χ0) is 7.82. The number of rotatable bonds is 2. The molecule has 0 saturated carbocycles. The van der Waals surface area contributed by atoms with Crippen LogP contribution in [0.2, 0.25) is 0 Å². The van der Waals surface area contributed by atoms with Gasteiger partial charge in [-0.05, 0) is 6.92 Å². The molecule has 0 aliphatic rings. The largest absolute Gasteiger partial charge is 0.456 e. The lowest BCUT2D eigenvalue weighted by Gasteiger charge is -1.89. The van der Waals surface area contributed by atoms with Crippen molar-refractivity contribution < 1.29 is 9.53 Å². The van der Waals surface area contributed by atoms with Gasteiger partial charge in [-0.15, -0.1) is 6.58 Å². The highest BCUT2D eigenvalue weighted by atomic mass is 16.5. The Labute approximate surface area is 60.9 Å². The molecule has 10 heavy (non-hydrogen) atoms. The third kappa shape index (κ3) is 4.92. The van der Waals surface area contributed by atoms with Crippen LogP contribution in [0.25, 0.3) is 0 Å². The first-order valence-corrected chi connectivity index (χ1v) is 3.07. The second-order valence-electron chi connectivity index (χ2n) is 1.52. The fourth-order valence-corrected chi connectivity index (χ4v) is 0.363. The van der Waals surface area contributed by atoms with Crippen molar-refractivity contribution in [2.45, 2.75) is 13.3 Å². The molecule has 0 bridgehead atoms. The van der Waals surface area contributed by atoms with Crippen LogP contribution in [-0.4, -0.2) is 12.6 Å². The van der Waals surface area contributed by atoms with E-state index < -0.39 is 5.97 Å². The van der Waals surface area contributed by atoms with Crippen LogP contribution in [-0.2, 0) is 9.53 Å². The van der Waals surface area contributed by atoms with Crippen molar-refractivity contribution in [3.8, 4) is 11.8 Å². The molecule has 0 radical (unpaired) electrons. The summed E-state index contributed by atoms with van der Waals surface area (Å²) in [4.78, 5) is 10.5. The van der Waals surface area contributed by atoms with E-state index in [0.717, 1.165) is 0 Å². The van der Waals surface area contributed by atoms with Crippen molar-refractivity contribution >= 4 is 5.97 Å². The number of hydrogen-bond donors (Lipinski definition) is 0. The summed E-state index contributed by atoms with van der Waals surface area (Å²) in [7, 11) is 0. The van der Waals surface area contributed by atoms with Crippen molar-refractivity contribution in [3.63, 3.8) is 0 Å². The summed E-state index contributed by atoms with van der Waals surface area (Å²) in [6, 6.07) is 0. The Morgan fingerprint density at radius 1 is 1.80 bits per heavy atom. The minimum Gasteiger partial charge on any atom is -0.456 e. The number of ether oxygens (including phenoxy) is 1. The van der Waals surface area contributed by atoms with E-state index in [2.05, 4.69) is 23.2 Å². The number of allylic oxidation sites excluding steroid dienone is 1. The minimum absolute atomic E-state index is 0.377. The van der Waals surface area contributed by atoms with E-state index in [0.29, 0.717) is 13.0 Å². The van der Waals surface area contributed by atoms with Crippen molar-refractivity contribution in [1.82, 2.24) is 0 Å². The standard InChI is InChI=1S/C8H10O2/c1-3-5-6-7-8(9)10-4-2/h3H,1,4-5H2,2H3. The molecule has 0 rings (SSSR count). The van der Waals surface area contributed by atoms with Crippen LogP contribution in [0.3, 0.4) is 0 Å². The molecule has 0 aromatic heterocycles. The smallest absolute Gasteiger partial charge is 0.384 e. The highest BCUT2D eigenvalue weighted by Crippen LogP contribution is 1.77. The molecule has 0 spiro atoms. The van der Waals surface area contributed by atoms with Gasteiger partial charge in [-0.2, -0.15) is 0 Å². The Balaban J connectivity index is 3.57. The Kier molecular flexibility index (Phi) is 5.17. The molecule has 0 saturated heterocycles. The van der Waals surface area contributed by atoms with Crippen LogP contribution >= 0.6 is 0 Å². The van der Waals surface area contributed by atoms with E-state index in [9.17, 15) is 4.79 Å². The molecule has 0 heterocycles. The molecule has 0 aliphatic heterocycles. The van der Waals surface area contributed by atoms with Gasteiger partial charge in [-0.1, -0.05) is 12.0 Å². The first-order chi connectivity index (χ1) is 4.81. The molecule has 0 aliphatic carbocycles. The molecule has 0 aromatic carbocycles. The number of carbonyl (C=O) groups excluding carboxylic acids is 1. The van der Waals surface area contributed by atoms with Crippen molar-refractivity contribution in [2.24, 2.45) is 0 Å². The van der Waals surface area contributed by atoms with Gasteiger partial charge in [-0.25, -0.2) is 4.79 Å². The number of carbonyl (C=O) groups is 1. The van der Waals surface area contributed by atoms with Gasteiger partial charge in [-0.3, -0.25) is 0 Å². The summed E-state index contributed by atoms with van der Waals surface area (Å²) < 4.78 is 4.54. The third-order valence-electron chi connectivity index (χ3n) is 0.712. The molecular formula is C8H10O2. The second kappa shape index (κ2) is 5.90. The maximum Gasteiger partial charge on any atom is 0.384 e. The van der Waals surface area contributed by atoms with Gasteiger partial charge in [0.05, 0.1) is 6.61 Å². The highest BCUT2D eigenvalue weighted by Gasteiger charge is 1.89. The monoisotopic (exact) mass is 138 g/mol. The fourth-order valence-electron chi connectivity index (χ4n) is 0.363. The first-order valence-electron chi connectivity index (χ1n) is 3.07. The molecule has 2 heteroatoms. The SMILES string of the molecule is C=CCC#CC(=O)OCC. The predicted molar refractivity (Wildman–Crippen MR) is 39.2 cm³/mol. The Morgan fingerprint density at radius 3 is 3.00 bits per heavy atom. The lowest BCUT2D eigenvalue weighted by Crippen LogP contribution is -1.99. The summed E-state index contributed by atoms with van der Waals surface area (Å²) in [6.07, 6.45) is 2.16. The third-order valence-corrected chi connectivity index (χ3v) is 0.712. The Bertz CT molecular complexity index is 171. The molecule has 0 aromatic rings. The number of esters is 1. The summed E-state index contributed by atoms with van der Waals surface area (Å²) in [6.45, 7) is 5.57. The van der Waals surface area contributed by atoms with E-state index in [4.69, 9.17) is 0 Å². The van der Waals surface area contributed by atoms with Crippen LogP contribution < -0.4 is 0 Å². The van der Waals surface area contributed by atoms with Crippen LogP contribution in [0.1, 0.15) is 13.3 Å². The van der Waals surface area contributed by atoms with Crippen molar-refractivity contribution in [1.29, 1.82) is 0 Å². The molecule has 0 N–H and O–H groups in total. The van der Waals surface area contributed by atoms with Gasteiger partial charge in [0.15, 0.2) is 0 Å². The quantitative estimate of drug-likeness (QED) is 0.247. The summed E-state index contributed by atoms with van der Waals surface area (Å²) in [5, 5.41) is 0. The maximum absolute atomic E-state index is 10.5. The van der Waals surface area contributed by atoms with Gasteiger partial charge in [0.25, 0.3) is 0 Å². The summed E-state index contributed by atoms with van der Waals surface area (Å²) in [5.74, 6) is 4.41. The van der Waals surface area contributed by atoms with Gasteiger partial charge >= 0.3 is 5.97 Å². The van der Waals surface area contributed by atoms with Gasteiger partial charge < -0.3 is 4.74 Å². The van der Waals surface area contributed by atoms with Crippen LogP contribution in [0.4, 0.5) is 0 Å². The summed E-state index contributed by atoms with van der Waals surface area (Å²) in [5.41, 5.74) is 0. The van der Waals surface area contributed by atoms with E-state index in [1.54, 1.807) is 13.0 Å². The van der Waals surface area contributed by atoms with Crippen LogP contribution in [0, 0.1) is 11.8 Å². The van der Waals surface area contributed by atoms with Gasteiger partial charge in [0, 0.05) is 12.3 Å². The topological polar surface area (TPSA) is 26.3 Å². The maximum atomic E-state index is 10.5. The van der Waals surface area contributed by atoms with Crippen molar-refractivity contribution in [3.05, 3.63) is 12.7 Å². The highest BCUT2D eigenvalue weighted by molar-refractivity contribution is 5.88. The first kappa shape index (κ1) is 8.77. The fraction of sp³-hybridized carbons (Fsp3) is 0.375. The lowest BCUT2D eigenvalue weighted by atomic mass is 10.4. The van der Waals surface area contributed by atoms with E-state index >= 15 is 0 Å². The van der Waals surface area contributed by atoms with Crippen molar-refractivity contribution in [2.75, 3.05) is 6.61 Å². The van der Waals surface area contributed by atoms with E-state index in [-0.39, 0.29) is 0 Å². The molecule has 2 nitrogen and oxygen atoms in total. The Morgan fingerprint density at radius 2 is 2.50 bits per heavy atom. The van der Waals surface area contributed by atoms with E-state index in [1.807, 2.05) is 0 Å². The second-order valence-corrected chi connectivity index (χ2v) is 1.52. The van der Waals surface area contributed by atoms with Gasteiger partial charge in [0.2, 0.25) is 0 Å². The molecular weight excluding hydrogens is 128 g/mol. The summed E-state index contributed by atoms with van der Waals surface area (Å²) >= 11 is 0. The molecule has 0 fully saturated rings. The zero-order valence-electron chi connectivity index (χ0n) is 6.02. The molecule has 0 atom stereocenters. The average Bonchev–Trinajstić information content (AvgIpc) is 1.89. The molecule has 0 unspecified atom stereocenters. The van der Waals surface area contributed by atoms with Gasteiger partial charge in [0.1, 0.15) is 0 Å². The van der Waals surface area contributed by atoms with E-state index in [1.165, 1.54) is 0 Å². The average molecular weight is 138 g/mol. The number of hydrogen-bond acceptors (Lipinski definition) is 2. The minimum atomic E-state index is -0.468. The lowest BCUT2D eigenvalue weighted by molar-refractivity contribution is -0.136. The molecule has 0 amide bonds. The van der Waals surface area contributed by atoms with Crippen LogP contribution in [0.5, 0.6) is 0 Å².